The lowest BCUT2D eigenvalue weighted by Crippen LogP contribution is -2.39. The lowest BCUT2D eigenvalue weighted by molar-refractivity contribution is 0.252. The van der Waals surface area contributed by atoms with Crippen LogP contribution in [0.1, 0.15) is 30.0 Å². The van der Waals surface area contributed by atoms with E-state index in [2.05, 4.69) is 15.6 Å². The first-order valence-electron chi connectivity index (χ1n) is 8.92. The Morgan fingerprint density at radius 1 is 1.30 bits per heavy atom. The van der Waals surface area contributed by atoms with Gasteiger partial charge < -0.3 is 5.32 Å². The van der Waals surface area contributed by atoms with Crippen molar-refractivity contribution >= 4 is 32.5 Å². The fraction of sp³-hybridized carbons (Fsp3) is 0.444. The molecule has 0 saturated carbocycles. The minimum atomic E-state index is -3.28. The molecule has 2 amide bonds. The summed E-state index contributed by atoms with van der Waals surface area (Å²) >= 11 is 1.34. The quantitative estimate of drug-likeness (QED) is 0.769. The molecule has 1 aromatic heterocycles. The van der Waals surface area contributed by atoms with Crippen LogP contribution in [-0.2, 0) is 29.4 Å². The maximum Gasteiger partial charge on any atom is 0.321 e. The third kappa shape index (κ3) is 4.85. The first kappa shape index (κ1) is 19.8. The van der Waals surface area contributed by atoms with Crippen molar-refractivity contribution in [2.45, 2.75) is 38.5 Å². The lowest BCUT2D eigenvalue weighted by atomic mass is 10.1. The Bertz CT molecular complexity index is 895. The fourth-order valence-corrected chi connectivity index (χ4v) is 5.20. The van der Waals surface area contributed by atoms with Gasteiger partial charge in [-0.25, -0.2) is 18.2 Å². The van der Waals surface area contributed by atoms with E-state index >= 15 is 0 Å². The SMILES string of the molecule is CC(C)S(=O)(=O)N1CCc2nc(NC(=O)NCCc3ccccc3)sc2C1. The van der Waals surface area contributed by atoms with Gasteiger partial charge >= 0.3 is 6.03 Å². The molecule has 2 N–H and O–H groups in total. The van der Waals surface area contributed by atoms with Crippen LogP contribution >= 0.6 is 11.3 Å². The van der Waals surface area contributed by atoms with E-state index in [1.54, 1.807) is 13.8 Å². The zero-order valence-corrected chi connectivity index (χ0v) is 17.1. The van der Waals surface area contributed by atoms with Crippen molar-refractivity contribution in [1.82, 2.24) is 14.6 Å². The molecule has 0 radical (unpaired) electrons. The minimum Gasteiger partial charge on any atom is -0.337 e. The molecule has 0 spiro atoms. The summed E-state index contributed by atoms with van der Waals surface area (Å²) in [5, 5.41) is 5.63. The molecule has 0 unspecified atom stereocenters. The predicted octanol–water partition coefficient (Wildman–Crippen LogP) is 2.60. The smallest absolute Gasteiger partial charge is 0.321 e. The summed E-state index contributed by atoms with van der Waals surface area (Å²) in [6.45, 7) is 4.65. The number of nitrogens with zero attached hydrogens (tertiary/aromatic N) is 2. The highest BCUT2D eigenvalue weighted by atomic mass is 32.2. The predicted molar refractivity (Wildman–Crippen MR) is 107 cm³/mol. The maximum atomic E-state index is 12.3. The van der Waals surface area contributed by atoms with E-state index in [9.17, 15) is 13.2 Å². The first-order chi connectivity index (χ1) is 12.9. The molecule has 27 heavy (non-hydrogen) atoms. The van der Waals surface area contributed by atoms with Gasteiger partial charge in [-0.1, -0.05) is 41.7 Å². The van der Waals surface area contributed by atoms with Crippen LogP contribution in [0.4, 0.5) is 9.93 Å². The van der Waals surface area contributed by atoms with Gasteiger partial charge in [0.15, 0.2) is 5.13 Å². The molecule has 1 aromatic carbocycles. The van der Waals surface area contributed by atoms with Crippen LogP contribution in [0.15, 0.2) is 30.3 Å². The second-order valence-corrected chi connectivity index (χ2v) is 10.3. The summed E-state index contributed by atoms with van der Waals surface area (Å²) in [5.41, 5.74) is 2.03. The molecule has 0 atom stereocenters. The maximum absolute atomic E-state index is 12.3. The number of aromatic nitrogens is 1. The van der Waals surface area contributed by atoms with Crippen LogP contribution < -0.4 is 10.6 Å². The summed E-state index contributed by atoms with van der Waals surface area (Å²) in [7, 11) is -3.28. The van der Waals surface area contributed by atoms with Gasteiger partial charge in [0.05, 0.1) is 10.9 Å². The molecule has 9 heteroatoms. The summed E-state index contributed by atoms with van der Waals surface area (Å²) in [6.07, 6.45) is 1.32. The number of nitrogens with one attached hydrogen (secondary N) is 2. The van der Waals surface area contributed by atoms with Gasteiger partial charge in [0.2, 0.25) is 10.0 Å². The number of benzene rings is 1. The number of carbonyl (C=O) groups excluding carboxylic acids is 1. The average molecular weight is 409 g/mol. The van der Waals surface area contributed by atoms with E-state index < -0.39 is 15.3 Å². The van der Waals surface area contributed by atoms with Crippen molar-refractivity contribution in [1.29, 1.82) is 0 Å². The van der Waals surface area contributed by atoms with Crippen molar-refractivity contribution in [3.05, 3.63) is 46.5 Å². The Morgan fingerprint density at radius 2 is 2.04 bits per heavy atom. The molecule has 146 valence electrons. The van der Waals surface area contributed by atoms with Crippen molar-refractivity contribution in [2.24, 2.45) is 0 Å². The molecular weight excluding hydrogens is 384 g/mol. The highest BCUT2D eigenvalue weighted by Gasteiger charge is 2.31. The summed E-state index contributed by atoms with van der Waals surface area (Å²) in [6, 6.07) is 9.64. The Morgan fingerprint density at radius 3 is 2.74 bits per heavy atom. The van der Waals surface area contributed by atoms with Crippen LogP contribution in [0.25, 0.3) is 0 Å². The minimum absolute atomic E-state index is 0.302. The van der Waals surface area contributed by atoms with Crippen LogP contribution in [-0.4, -0.2) is 42.1 Å². The third-order valence-electron chi connectivity index (χ3n) is 4.41. The summed E-state index contributed by atoms with van der Waals surface area (Å²) in [5.74, 6) is 0. The molecule has 2 heterocycles. The van der Waals surface area contributed by atoms with Crippen molar-refractivity contribution in [2.75, 3.05) is 18.4 Å². The normalized spacial score (nSPS) is 14.8. The molecule has 7 nitrogen and oxygen atoms in total. The molecule has 3 rings (SSSR count). The standard InChI is InChI=1S/C18H24N4O3S2/c1-13(2)27(24,25)22-11-9-15-16(12-22)26-18(20-15)21-17(23)19-10-8-14-6-4-3-5-7-14/h3-7,13H,8-12H2,1-2H3,(H2,19,20,21,23). The van der Waals surface area contributed by atoms with Crippen LogP contribution in [0, 0.1) is 0 Å². The number of sulfonamides is 1. The molecule has 0 aliphatic carbocycles. The monoisotopic (exact) mass is 408 g/mol. The Kier molecular flexibility index (Phi) is 6.13. The van der Waals surface area contributed by atoms with E-state index in [1.807, 2.05) is 30.3 Å². The zero-order chi connectivity index (χ0) is 19.4. The number of thiazole rings is 1. The van der Waals surface area contributed by atoms with Gasteiger partial charge in [-0.05, 0) is 25.8 Å². The molecule has 0 saturated heterocycles. The lowest BCUT2D eigenvalue weighted by Gasteiger charge is -2.26. The van der Waals surface area contributed by atoms with E-state index in [0.29, 0.717) is 31.2 Å². The molecule has 2 aromatic rings. The average Bonchev–Trinajstić information content (AvgIpc) is 3.03. The molecule has 0 bridgehead atoms. The second kappa shape index (κ2) is 8.37. The van der Waals surface area contributed by atoms with E-state index in [4.69, 9.17) is 0 Å². The largest absolute Gasteiger partial charge is 0.337 e. The number of rotatable bonds is 6. The Labute approximate surface area is 163 Å². The van der Waals surface area contributed by atoms with Crippen molar-refractivity contribution in [3.8, 4) is 0 Å². The third-order valence-corrected chi connectivity index (χ3v) is 7.64. The van der Waals surface area contributed by atoms with Gasteiger partial charge in [-0.15, -0.1) is 0 Å². The molecule has 1 aliphatic heterocycles. The van der Waals surface area contributed by atoms with Gasteiger partial charge in [-0.2, -0.15) is 4.31 Å². The van der Waals surface area contributed by atoms with Gasteiger partial charge in [0, 0.05) is 30.9 Å². The fourth-order valence-electron chi connectivity index (χ4n) is 2.85. The van der Waals surface area contributed by atoms with Crippen LogP contribution in [0.3, 0.4) is 0 Å². The summed E-state index contributed by atoms with van der Waals surface area (Å²) < 4.78 is 26.2. The van der Waals surface area contributed by atoms with Crippen LogP contribution in [0.2, 0.25) is 0 Å². The second-order valence-electron chi connectivity index (χ2n) is 6.68. The van der Waals surface area contributed by atoms with Crippen LogP contribution in [0.5, 0.6) is 0 Å². The molecule has 0 fully saturated rings. The summed E-state index contributed by atoms with van der Waals surface area (Å²) in [4.78, 5) is 17.4. The van der Waals surface area contributed by atoms with Crippen molar-refractivity contribution < 1.29 is 13.2 Å². The van der Waals surface area contributed by atoms with Gasteiger partial charge in [0.25, 0.3) is 0 Å². The zero-order valence-electron chi connectivity index (χ0n) is 15.4. The number of hydrogen-bond acceptors (Lipinski definition) is 5. The number of fused-ring (bicyclic) bond motifs is 1. The first-order valence-corrected chi connectivity index (χ1v) is 11.2. The molecule has 1 aliphatic rings. The number of carbonyl (C=O) groups is 1. The Hall–Kier alpha value is -1.97. The highest BCUT2D eigenvalue weighted by molar-refractivity contribution is 7.89. The van der Waals surface area contributed by atoms with Gasteiger partial charge in [0.1, 0.15) is 0 Å². The van der Waals surface area contributed by atoms with Crippen molar-refractivity contribution in [3.63, 3.8) is 0 Å². The van der Waals surface area contributed by atoms with Gasteiger partial charge in [-0.3, -0.25) is 5.32 Å². The number of urea groups is 1. The van der Waals surface area contributed by atoms with E-state index in [1.165, 1.54) is 15.6 Å². The molecular formula is C18H24N4O3S2. The van der Waals surface area contributed by atoms with E-state index in [0.717, 1.165) is 22.6 Å². The topological polar surface area (TPSA) is 91.4 Å². The highest BCUT2D eigenvalue weighted by Crippen LogP contribution is 2.30. The number of amides is 2. The number of hydrogen-bond donors (Lipinski definition) is 2. The number of anilines is 1. The van der Waals surface area contributed by atoms with E-state index in [-0.39, 0.29) is 6.03 Å². The Balaban J connectivity index is 1.54.